The fourth-order valence-electron chi connectivity index (χ4n) is 6.26. The number of benzene rings is 1. The summed E-state index contributed by atoms with van der Waals surface area (Å²) in [7, 11) is 0. The van der Waals surface area contributed by atoms with E-state index in [4.69, 9.17) is 4.74 Å². The molecule has 0 aromatic heterocycles. The molecule has 34 heavy (non-hydrogen) atoms. The largest absolute Gasteiger partial charge is 0.487 e. The Morgan fingerprint density at radius 2 is 1.32 bits per heavy atom. The molecule has 4 atom stereocenters. The Hall–Kier alpha value is -0.980. The van der Waals surface area contributed by atoms with Gasteiger partial charge in [0.05, 0.1) is 0 Å². The predicted octanol–water partition coefficient (Wildman–Crippen LogP) is 10.6. The zero-order valence-corrected chi connectivity index (χ0v) is 24.7. The van der Waals surface area contributed by atoms with Gasteiger partial charge in [-0.15, -0.1) is 0 Å². The molecule has 0 amide bonds. The molecule has 1 nitrogen and oxygen atoms in total. The third-order valence-electron chi connectivity index (χ3n) is 9.07. The Kier molecular flexibility index (Phi) is 11.5. The van der Waals surface area contributed by atoms with Crippen LogP contribution in [0.4, 0.5) is 0 Å². The maximum Gasteiger partial charge on any atom is 0.126 e. The monoisotopic (exact) mass is 470 g/mol. The van der Waals surface area contributed by atoms with Crippen LogP contribution in [0.15, 0.2) is 0 Å². The van der Waals surface area contributed by atoms with Crippen LogP contribution < -0.4 is 4.74 Å². The third kappa shape index (κ3) is 8.03. The van der Waals surface area contributed by atoms with Crippen LogP contribution in [0, 0.1) is 38.5 Å². The van der Waals surface area contributed by atoms with Gasteiger partial charge < -0.3 is 4.74 Å². The lowest BCUT2D eigenvalue weighted by Crippen LogP contribution is -2.37. The average Bonchev–Trinajstić information content (AvgIpc) is 2.77. The Labute approximate surface area is 213 Å². The maximum atomic E-state index is 6.83. The standard InChI is InChI=1S/C33H58O/c1-11-26(6)31-27(7)28(8)32-30(29(31)9)20-22-33(10,34-32)21-14-19-25(5)18-13-17-24(4)16-12-15-23(2)3/h23-26H,11-22H2,1-10H3/t24-,25-,26?,33-/m1/s1. The molecule has 1 heterocycles. The van der Waals surface area contributed by atoms with Crippen molar-refractivity contribution in [3.63, 3.8) is 0 Å². The quantitative estimate of drug-likeness (QED) is 0.263. The van der Waals surface area contributed by atoms with Gasteiger partial charge in [-0.05, 0) is 111 Å². The van der Waals surface area contributed by atoms with Crippen molar-refractivity contribution >= 4 is 0 Å². The van der Waals surface area contributed by atoms with Gasteiger partial charge in [-0.3, -0.25) is 0 Å². The Morgan fingerprint density at radius 1 is 0.765 bits per heavy atom. The van der Waals surface area contributed by atoms with Gasteiger partial charge in [0.1, 0.15) is 11.4 Å². The Bertz CT molecular complexity index is 761. The number of ether oxygens (including phenoxy) is 1. The fourth-order valence-corrected chi connectivity index (χ4v) is 6.26. The van der Waals surface area contributed by atoms with Gasteiger partial charge in [-0.2, -0.15) is 0 Å². The van der Waals surface area contributed by atoms with E-state index in [0.717, 1.165) is 24.2 Å². The van der Waals surface area contributed by atoms with Crippen LogP contribution in [-0.2, 0) is 6.42 Å². The van der Waals surface area contributed by atoms with Crippen molar-refractivity contribution in [1.82, 2.24) is 0 Å². The second-order valence-electron chi connectivity index (χ2n) is 12.8. The van der Waals surface area contributed by atoms with Crippen molar-refractivity contribution in [2.75, 3.05) is 0 Å². The Balaban J connectivity index is 1.83. The third-order valence-corrected chi connectivity index (χ3v) is 9.07. The molecule has 0 aliphatic carbocycles. The van der Waals surface area contributed by atoms with Crippen LogP contribution in [-0.4, -0.2) is 5.60 Å². The van der Waals surface area contributed by atoms with Gasteiger partial charge in [0, 0.05) is 0 Å². The molecule has 0 fully saturated rings. The Morgan fingerprint density at radius 3 is 1.88 bits per heavy atom. The van der Waals surface area contributed by atoms with E-state index in [9.17, 15) is 0 Å². The van der Waals surface area contributed by atoms with Gasteiger partial charge in [-0.1, -0.05) is 86.5 Å². The van der Waals surface area contributed by atoms with Crippen LogP contribution in [0.2, 0.25) is 0 Å². The molecule has 196 valence electrons. The summed E-state index contributed by atoms with van der Waals surface area (Å²) in [5.74, 6) is 4.44. The summed E-state index contributed by atoms with van der Waals surface area (Å²) in [6.07, 6.45) is 15.8. The highest BCUT2D eigenvalue weighted by atomic mass is 16.5. The molecule has 0 saturated heterocycles. The zero-order valence-electron chi connectivity index (χ0n) is 24.7. The molecule has 1 heteroatoms. The van der Waals surface area contributed by atoms with Crippen molar-refractivity contribution in [1.29, 1.82) is 0 Å². The van der Waals surface area contributed by atoms with E-state index < -0.39 is 0 Å². The molecule has 1 unspecified atom stereocenters. The SMILES string of the molecule is CCC(C)c1c(C)c(C)c2c(c1C)CC[C@@](C)(CCC[C@H](C)CCC[C@H](C)CCCC(C)C)O2. The topological polar surface area (TPSA) is 9.23 Å². The van der Waals surface area contributed by atoms with Gasteiger partial charge >= 0.3 is 0 Å². The molecule has 2 rings (SSSR count). The summed E-state index contributed by atoms with van der Waals surface area (Å²) in [5.41, 5.74) is 7.42. The van der Waals surface area contributed by atoms with Crippen LogP contribution >= 0.6 is 0 Å². The van der Waals surface area contributed by atoms with E-state index in [1.807, 2.05) is 0 Å². The first-order chi connectivity index (χ1) is 16.0. The molecule has 1 aliphatic heterocycles. The molecule has 1 aromatic carbocycles. The molecule has 0 bridgehead atoms. The lowest BCUT2D eigenvalue weighted by Gasteiger charge is -2.39. The second kappa shape index (κ2) is 13.4. The predicted molar refractivity (Wildman–Crippen MR) is 151 cm³/mol. The van der Waals surface area contributed by atoms with Crippen LogP contribution in [0.25, 0.3) is 0 Å². The normalized spacial score (nSPS) is 20.7. The van der Waals surface area contributed by atoms with E-state index in [2.05, 4.69) is 69.2 Å². The summed E-state index contributed by atoms with van der Waals surface area (Å²) >= 11 is 0. The van der Waals surface area contributed by atoms with Crippen molar-refractivity contribution in [3.8, 4) is 5.75 Å². The minimum Gasteiger partial charge on any atom is -0.487 e. The minimum absolute atomic E-state index is 0.000816. The van der Waals surface area contributed by atoms with Gasteiger partial charge in [0.25, 0.3) is 0 Å². The highest BCUT2D eigenvalue weighted by Gasteiger charge is 2.34. The number of hydrogen-bond donors (Lipinski definition) is 0. The van der Waals surface area contributed by atoms with E-state index >= 15 is 0 Å². The van der Waals surface area contributed by atoms with Crippen molar-refractivity contribution in [2.24, 2.45) is 17.8 Å². The summed E-state index contributed by atoms with van der Waals surface area (Å²) in [5, 5.41) is 0. The maximum absolute atomic E-state index is 6.83. The lowest BCUT2D eigenvalue weighted by molar-refractivity contribution is 0.0513. The van der Waals surface area contributed by atoms with Gasteiger partial charge in [0.15, 0.2) is 0 Å². The molecule has 1 aromatic rings. The molecule has 0 saturated carbocycles. The van der Waals surface area contributed by atoms with Gasteiger partial charge in [-0.25, -0.2) is 0 Å². The zero-order chi connectivity index (χ0) is 25.5. The molecular weight excluding hydrogens is 412 g/mol. The first-order valence-corrected chi connectivity index (χ1v) is 14.8. The summed E-state index contributed by atoms with van der Waals surface area (Å²) < 4.78 is 6.83. The molecule has 0 radical (unpaired) electrons. The van der Waals surface area contributed by atoms with Gasteiger partial charge in [0.2, 0.25) is 0 Å². The van der Waals surface area contributed by atoms with E-state index in [1.165, 1.54) is 98.6 Å². The number of rotatable bonds is 14. The van der Waals surface area contributed by atoms with Crippen LogP contribution in [0.5, 0.6) is 5.75 Å². The van der Waals surface area contributed by atoms with Crippen molar-refractivity contribution in [2.45, 2.75) is 158 Å². The van der Waals surface area contributed by atoms with Crippen molar-refractivity contribution in [3.05, 3.63) is 27.8 Å². The molecular formula is C33H58O. The minimum atomic E-state index is -0.000816. The van der Waals surface area contributed by atoms with E-state index in [0.29, 0.717) is 5.92 Å². The lowest BCUT2D eigenvalue weighted by atomic mass is 9.80. The summed E-state index contributed by atoms with van der Waals surface area (Å²) in [6.45, 7) is 23.6. The second-order valence-corrected chi connectivity index (χ2v) is 12.8. The highest BCUT2D eigenvalue weighted by molar-refractivity contribution is 5.56. The summed E-state index contributed by atoms with van der Waals surface area (Å²) in [4.78, 5) is 0. The first-order valence-electron chi connectivity index (χ1n) is 14.8. The fraction of sp³-hybridized carbons (Fsp3) is 0.818. The summed E-state index contributed by atoms with van der Waals surface area (Å²) in [6, 6.07) is 0. The molecule has 0 spiro atoms. The molecule has 0 N–H and O–H groups in total. The van der Waals surface area contributed by atoms with Crippen LogP contribution in [0.3, 0.4) is 0 Å². The average molecular weight is 471 g/mol. The smallest absolute Gasteiger partial charge is 0.126 e. The van der Waals surface area contributed by atoms with E-state index in [1.54, 1.807) is 5.56 Å². The highest BCUT2D eigenvalue weighted by Crippen LogP contribution is 2.44. The molecule has 1 aliphatic rings. The van der Waals surface area contributed by atoms with Crippen molar-refractivity contribution < 1.29 is 4.74 Å². The van der Waals surface area contributed by atoms with Crippen LogP contribution in [0.1, 0.15) is 153 Å². The number of fused-ring (bicyclic) bond motifs is 1. The van der Waals surface area contributed by atoms with E-state index in [-0.39, 0.29) is 5.60 Å². The number of hydrogen-bond acceptors (Lipinski definition) is 1. The first kappa shape index (κ1) is 29.3.